The van der Waals surface area contributed by atoms with Gasteiger partial charge in [-0.15, -0.1) is 0 Å². The van der Waals surface area contributed by atoms with Crippen molar-refractivity contribution in [3.8, 4) is 0 Å². The van der Waals surface area contributed by atoms with Crippen molar-refractivity contribution in [3.63, 3.8) is 0 Å². The molecule has 3 amide bonds. The van der Waals surface area contributed by atoms with E-state index in [1.165, 1.54) is 18.2 Å². The smallest absolute Gasteiger partial charge is 0.255 e. The molecule has 518 valence electrons. The number of nitrogens with zero attached hydrogens (tertiary/aromatic N) is 3. The van der Waals surface area contributed by atoms with Gasteiger partial charge in [0.2, 0.25) is 30.1 Å². The Labute approximate surface area is 548 Å². The Balaban J connectivity index is 0.000000169. The zero-order valence-corrected chi connectivity index (χ0v) is 53.2. The molecule has 0 spiro atoms. The molecule has 6 N–H and O–H groups in total. The van der Waals surface area contributed by atoms with Crippen LogP contribution in [0, 0.1) is 64.3 Å². The fourth-order valence-corrected chi connectivity index (χ4v) is 16.3. The molecule has 19 nitrogen and oxygen atoms in total. The number of amides is 3. The second kappa shape index (κ2) is 29.9. The molecule has 0 aromatic heterocycles. The highest BCUT2D eigenvalue weighted by molar-refractivity contribution is 7.89. The second-order valence-corrected chi connectivity index (χ2v) is 29.5. The minimum Gasteiger partial charge on any atom is -0.392 e. The first-order valence-corrected chi connectivity index (χ1v) is 34.1. The number of sulfonamides is 3. The summed E-state index contributed by atoms with van der Waals surface area (Å²) < 4.78 is 236. The van der Waals surface area contributed by atoms with Gasteiger partial charge in [0.15, 0.2) is 34.9 Å². The first kappa shape index (κ1) is 73.1. The van der Waals surface area contributed by atoms with E-state index in [1.54, 1.807) is 0 Å². The van der Waals surface area contributed by atoms with Crippen LogP contribution in [0.25, 0.3) is 0 Å². The Morgan fingerprint density at radius 2 is 1.02 bits per heavy atom. The van der Waals surface area contributed by atoms with Gasteiger partial charge in [-0.05, 0) is 117 Å². The van der Waals surface area contributed by atoms with Crippen LogP contribution < -0.4 is 16.0 Å². The predicted molar refractivity (Wildman–Crippen MR) is 324 cm³/mol. The maximum absolute atomic E-state index is 14.4. The van der Waals surface area contributed by atoms with Crippen molar-refractivity contribution >= 4 is 76.5 Å². The van der Waals surface area contributed by atoms with E-state index in [4.69, 9.17) is 16.3 Å². The van der Waals surface area contributed by atoms with Gasteiger partial charge >= 0.3 is 0 Å². The van der Waals surface area contributed by atoms with Gasteiger partial charge in [0, 0.05) is 108 Å². The summed E-state index contributed by atoms with van der Waals surface area (Å²) in [4.78, 5) is 36.0. The summed E-state index contributed by atoms with van der Waals surface area (Å²) in [5.74, 6) is -13.5. The number of aliphatic hydroxyl groups is 3. The van der Waals surface area contributed by atoms with Crippen molar-refractivity contribution in [1.29, 1.82) is 0 Å². The van der Waals surface area contributed by atoms with E-state index >= 15 is 0 Å². The molecule has 5 aliphatic rings. The number of anilines is 3. The third-order valence-electron chi connectivity index (χ3n) is 16.5. The van der Waals surface area contributed by atoms with Gasteiger partial charge in [-0.3, -0.25) is 14.4 Å². The van der Waals surface area contributed by atoms with Gasteiger partial charge in [0.25, 0.3) is 17.7 Å². The molecule has 3 aliphatic heterocycles. The molecule has 5 fully saturated rings. The normalized spacial score (nSPS) is 21.9. The van der Waals surface area contributed by atoms with E-state index < -0.39 is 153 Å². The number of hydrogen-bond donors (Lipinski definition) is 6. The quantitative estimate of drug-likeness (QED) is 0.0413. The van der Waals surface area contributed by atoms with Crippen LogP contribution in [0.2, 0.25) is 5.02 Å². The molecule has 2 aliphatic carbocycles. The zero-order chi connectivity index (χ0) is 69.9. The van der Waals surface area contributed by atoms with Crippen LogP contribution >= 0.6 is 11.6 Å². The Hall–Kier alpha value is -7.18. The lowest BCUT2D eigenvalue weighted by Gasteiger charge is -2.30. The lowest BCUT2D eigenvalue weighted by atomic mass is 9.99. The molecule has 11 rings (SSSR count). The minimum atomic E-state index is -4.43. The van der Waals surface area contributed by atoms with Crippen LogP contribution in [0.5, 0.6) is 0 Å². The molecule has 5 unspecified atom stereocenters. The standard InChI is InChI=1S/C22H22F4N2O5S.C21H20F4N2O4S.C19H18ClF3N2O4S/c23-10-14-2-1-13(21(29)27-16-8-17(24)20(26)18(25)9-16)7-19(14)34(31,32)28-5-6-33-12-22(30,11-28)15-3-4-15;22-8-12-2-1-11(21(29)26-15-6-17(23)20(25)18(24)7-15)5-19(12)32(30,31)27-9-14-3-13(14)4-16(28)10-27;20-13-9-12(4-6-14(13)21)24-19(27)11-3-5-16(23)18(8-11)30(28,29)25-7-1-2-15(22)17(26)10-25/h1-2,7-9,15,30H,3-6,10-12H2,(H,27,29);1-2,5-7,13-14,16,28H,3-4,8-10H2,(H,26,29);3-6,8-9,15,17,26H,1-2,7,10H2,(H,24,27)/t;;15?,17-/m..1/s1. The highest BCUT2D eigenvalue weighted by Crippen LogP contribution is 2.46. The van der Waals surface area contributed by atoms with Crippen LogP contribution in [0.1, 0.15) is 80.7 Å². The molecular formula is C62H60ClF11N6O13S3. The molecule has 2 saturated carbocycles. The van der Waals surface area contributed by atoms with Crippen LogP contribution in [0.3, 0.4) is 0 Å². The maximum Gasteiger partial charge on any atom is 0.255 e. The minimum absolute atomic E-state index is 0.0155. The van der Waals surface area contributed by atoms with E-state index in [0.29, 0.717) is 30.7 Å². The SMILES string of the molecule is O=C(Nc1cc(F)c(F)c(F)c1)c1ccc(CF)c(S(=O)(=O)N2CC(O)CC3CC3C2)c1.O=C(Nc1cc(F)c(F)c(F)c1)c1ccc(CF)c(S(=O)(=O)N2CCOCC(O)(C3CC3)C2)c1.O=C(Nc1ccc(F)c(Cl)c1)c1ccc(F)c(S(=O)(=O)N2CCCC(F)[C@H](O)C2)c1. The third-order valence-corrected chi connectivity index (χ3v) is 22.5. The van der Waals surface area contributed by atoms with Crippen molar-refractivity contribution in [3.05, 3.63) is 176 Å². The maximum atomic E-state index is 14.4. The van der Waals surface area contributed by atoms with Gasteiger partial charge in [0.1, 0.15) is 41.7 Å². The number of β-amino-alcohol motifs (C(OH)–C–C–N with tert-alkyl or cyclic N) is 3. The number of benzene rings is 6. The van der Waals surface area contributed by atoms with E-state index in [0.717, 1.165) is 86.8 Å². The van der Waals surface area contributed by atoms with E-state index in [1.807, 2.05) is 0 Å². The number of rotatable bonds is 15. The summed E-state index contributed by atoms with van der Waals surface area (Å²) in [6.45, 7) is -3.10. The predicted octanol–water partition coefficient (Wildman–Crippen LogP) is 9.56. The van der Waals surface area contributed by atoms with E-state index in [9.17, 15) is 103 Å². The molecule has 34 heteroatoms. The third kappa shape index (κ3) is 16.8. The number of ether oxygens (including phenoxy) is 1. The van der Waals surface area contributed by atoms with Crippen molar-refractivity contribution in [2.75, 3.05) is 68.4 Å². The molecule has 0 bridgehead atoms. The van der Waals surface area contributed by atoms with Crippen molar-refractivity contribution in [1.82, 2.24) is 12.9 Å². The average molecular weight is 1440 g/mol. The van der Waals surface area contributed by atoms with E-state index in [-0.39, 0.29) is 126 Å². The van der Waals surface area contributed by atoms with Crippen LogP contribution in [-0.2, 0) is 48.2 Å². The fourth-order valence-electron chi connectivity index (χ4n) is 11.0. The molecule has 0 radical (unpaired) electrons. The Kier molecular flexibility index (Phi) is 22.8. The van der Waals surface area contributed by atoms with Crippen LogP contribution in [0.4, 0.5) is 65.4 Å². The average Bonchev–Trinajstić information content (AvgIpc) is 1.56. The Bertz CT molecular complexity index is 4270. The molecule has 6 aromatic rings. The summed E-state index contributed by atoms with van der Waals surface area (Å²) in [6.07, 6.45) is -1.01. The lowest BCUT2D eigenvalue weighted by Crippen LogP contribution is -2.48. The number of carbonyl (C=O) groups is 3. The first-order valence-electron chi connectivity index (χ1n) is 29.4. The second-order valence-electron chi connectivity index (χ2n) is 23.4. The number of nitrogens with one attached hydrogen (secondary N) is 3. The highest BCUT2D eigenvalue weighted by atomic mass is 35.5. The number of fused-ring (bicyclic) bond motifs is 1. The highest BCUT2D eigenvalue weighted by Gasteiger charge is 2.49. The van der Waals surface area contributed by atoms with Crippen molar-refractivity contribution in [2.24, 2.45) is 17.8 Å². The van der Waals surface area contributed by atoms with Crippen LogP contribution in [0.15, 0.2) is 112 Å². The monoisotopic (exact) mass is 1440 g/mol. The number of carbonyl (C=O) groups excluding carboxylic acids is 3. The largest absolute Gasteiger partial charge is 0.392 e. The van der Waals surface area contributed by atoms with Gasteiger partial charge < -0.3 is 36.0 Å². The summed E-state index contributed by atoms with van der Waals surface area (Å²) in [6, 6.07) is 15.1. The molecule has 3 saturated heterocycles. The molecule has 6 atom stereocenters. The molecule has 96 heavy (non-hydrogen) atoms. The van der Waals surface area contributed by atoms with Crippen molar-refractivity contribution in [2.45, 2.75) is 90.5 Å². The molecular weight excluding hydrogens is 1380 g/mol. The number of hydrogen-bond acceptors (Lipinski definition) is 13. The Morgan fingerprint density at radius 1 is 0.542 bits per heavy atom. The van der Waals surface area contributed by atoms with E-state index in [2.05, 4.69) is 16.0 Å². The number of aliphatic hydroxyl groups excluding tert-OH is 2. The van der Waals surface area contributed by atoms with Crippen molar-refractivity contribution < 1.29 is 108 Å². The lowest BCUT2D eigenvalue weighted by molar-refractivity contribution is -0.0477. The molecule has 6 aromatic carbocycles. The first-order chi connectivity index (χ1) is 45.2. The zero-order valence-electron chi connectivity index (χ0n) is 50.0. The topological polar surface area (TPSA) is 269 Å². The summed E-state index contributed by atoms with van der Waals surface area (Å²) in [5, 5.41) is 37.3. The summed E-state index contributed by atoms with van der Waals surface area (Å²) >= 11 is 5.66. The van der Waals surface area contributed by atoms with Gasteiger partial charge in [-0.25, -0.2) is 73.5 Å². The molecule has 3 heterocycles. The van der Waals surface area contributed by atoms with Crippen LogP contribution in [-0.4, -0.2) is 148 Å². The van der Waals surface area contributed by atoms with Gasteiger partial charge in [-0.2, -0.15) is 12.9 Å². The fraction of sp³-hybridized carbons (Fsp3) is 0.371. The summed E-state index contributed by atoms with van der Waals surface area (Å²) in [7, 11) is -13.0. The van der Waals surface area contributed by atoms with Gasteiger partial charge in [-0.1, -0.05) is 23.7 Å². The number of alkyl halides is 3. The van der Waals surface area contributed by atoms with Gasteiger partial charge in [0.05, 0.1) is 40.2 Å². The Morgan fingerprint density at radius 3 is 1.53 bits per heavy atom. The number of halogens is 12. The summed E-state index contributed by atoms with van der Waals surface area (Å²) in [5.41, 5.74) is -2.94.